The monoisotopic (exact) mass is 279 g/mol. The number of carbonyl (C=O) groups is 1. The first-order chi connectivity index (χ1) is 9.47. The van der Waals surface area contributed by atoms with Crippen LogP contribution in [0, 0.1) is 21.7 Å². The van der Waals surface area contributed by atoms with Crippen molar-refractivity contribution in [2.24, 2.45) is 0 Å². The number of rotatable bonds is 3. The van der Waals surface area contributed by atoms with Crippen molar-refractivity contribution < 1.29 is 18.5 Å². The van der Waals surface area contributed by atoms with Crippen molar-refractivity contribution in [2.45, 2.75) is 0 Å². The molecular formula is C12H7F2N3O3. The number of hydrogen-bond acceptors (Lipinski definition) is 4. The molecule has 1 amide bonds. The van der Waals surface area contributed by atoms with Crippen LogP contribution in [0.4, 0.5) is 20.3 Å². The van der Waals surface area contributed by atoms with Crippen LogP contribution >= 0.6 is 0 Å². The third-order valence-electron chi connectivity index (χ3n) is 2.37. The fraction of sp³-hybridized carbons (Fsp3) is 0. The van der Waals surface area contributed by atoms with Crippen LogP contribution < -0.4 is 5.32 Å². The summed E-state index contributed by atoms with van der Waals surface area (Å²) in [6, 6.07) is 5.06. The summed E-state index contributed by atoms with van der Waals surface area (Å²) in [5, 5.41) is 12.9. The average molecular weight is 279 g/mol. The van der Waals surface area contributed by atoms with E-state index < -0.39 is 28.2 Å². The standard InChI is InChI=1S/C12H7F2N3O3/c13-8-2-4-11(15-6-8)16-12(18)7-1-3-9(14)10(5-7)17(19)20/h1-6H,(H,15,16,18). The number of nitro groups is 1. The number of nitrogens with zero attached hydrogens (tertiary/aromatic N) is 2. The molecule has 0 atom stereocenters. The Morgan fingerprint density at radius 3 is 2.60 bits per heavy atom. The molecule has 1 N–H and O–H groups in total. The number of hydrogen-bond donors (Lipinski definition) is 1. The highest BCUT2D eigenvalue weighted by Gasteiger charge is 2.17. The number of pyridine rings is 1. The smallest absolute Gasteiger partial charge is 0.305 e. The lowest BCUT2D eigenvalue weighted by Crippen LogP contribution is -2.13. The largest absolute Gasteiger partial charge is 0.307 e. The van der Waals surface area contributed by atoms with E-state index in [4.69, 9.17) is 0 Å². The highest BCUT2D eigenvalue weighted by molar-refractivity contribution is 6.04. The van der Waals surface area contributed by atoms with Crippen LogP contribution in [0.2, 0.25) is 0 Å². The Labute approximate surface area is 111 Å². The third kappa shape index (κ3) is 2.91. The highest BCUT2D eigenvalue weighted by atomic mass is 19.1. The molecule has 2 rings (SSSR count). The van der Waals surface area contributed by atoms with Gasteiger partial charge in [0.1, 0.15) is 11.6 Å². The Hall–Kier alpha value is -2.90. The summed E-state index contributed by atoms with van der Waals surface area (Å²) in [5.74, 6) is -2.25. The van der Waals surface area contributed by atoms with Crippen LogP contribution in [0.1, 0.15) is 10.4 Å². The van der Waals surface area contributed by atoms with Crippen LogP contribution in [0.25, 0.3) is 0 Å². The third-order valence-corrected chi connectivity index (χ3v) is 2.37. The van der Waals surface area contributed by atoms with Gasteiger partial charge in [0.2, 0.25) is 5.82 Å². The zero-order valence-corrected chi connectivity index (χ0v) is 9.84. The number of benzene rings is 1. The summed E-state index contributed by atoms with van der Waals surface area (Å²) in [6.45, 7) is 0. The van der Waals surface area contributed by atoms with Gasteiger partial charge in [0.15, 0.2) is 0 Å². The van der Waals surface area contributed by atoms with Gasteiger partial charge in [-0.25, -0.2) is 9.37 Å². The number of carbonyl (C=O) groups excluding carboxylic acids is 1. The van der Waals surface area contributed by atoms with Gasteiger partial charge in [-0.2, -0.15) is 4.39 Å². The predicted octanol–water partition coefficient (Wildman–Crippen LogP) is 2.52. The number of halogens is 2. The molecule has 1 aromatic heterocycles. The minimum atomic E-state index is -1.04. The van der Waals surface area contributed by atoms with Gasteiger partial charge in [-0.15, -0.1) is 0 Å². The molecule has 0 spiro atoms. The molecule has 0 aliphatic carbocycles. The molecular weight excluding hydrogens is 272 g/mol. The van der Waals surface area contributed by atoms with Crippen LogP contribution in [0.15, 0.2) is 36.5 Å². The molecule has 6 nitrogen and oxygen atoms in total. The Morgan fingerprint density at radius 1 is 1.25 bits per heavy atom. The average Bonchev–Trinajstić information content (AvgIpc) is 2.41. The molecule has 20 heavy (non-hydrogen) atoms. The molecule has 0 radical (unpaired) electrons. The summed E-state index contributed by atoms with van der Waals surface area (Å²) in [6.07, 6.45) is 0.905. The molecule has 0 fully saturated rings. The quantitative estimate of drug-likeness (QED) is 0.691. The van der Waals surface area contributed by atoms with E-state index in [9.17, 15) is 23.7 Å². The maximum absolute atomic E-state index is 13.1. The predicted molar refractivity (Wildman–Crippen MR) is 65.2 cm³/mol. The van der Waals surface area contributed by atoms with E-state index in [0.717, 1.165) is 30.5 Å². The van der Waals surface area contributed by atoms with E-state index in [1.165, 1.54) is 6.07 Å². The van der Waals surface area contributed by atoms with Crippen LogP contribution in [0.3, 0.4) is 0 Å². The number of amides is 1. The van der Waals surface area contributed by atoms with E-state index in [-0.39, 0.29) is 11.4 Å². The molecule has 0 bridgehead atoms. The second-order valence-corrected chi connectivity index (χ2v) is 3.74. The van der Waals surface area contributed by atoms with Gasteiger partial charge in [0.05, 0.1) is 11.1 Å². The first-order valence-corrected chi connectivity index (χ1v) is 5.34. The maximum Gasteiger partial charge on any atom is 0.305 e. The fourth-order valence-corrected chi connectivity index (χ4v) is 1.43. The number of nitro benzene ring substituents is 1. The van der Waals surface area contributed by atoms with Crippen molar-refractivity contribution in [1.29, 1.82) is 0 Å². The number of anilines is 1. The first-order valence-electron chi connectivity index (χ1n) is 5.34. The van der Waals surface area contributed by atoms with E-state index in [1.807, 2.05) is 0 Å². The SMILES string of the molecule is O=C(Nc1ccc(F)cn1)c1ccc(F)c([N+](=O)[O-])c1. The fourth-order valence-electron chi connectivity index (χ4n) is 1.43. The van der Waals surface area contributed by atoms with E-state index in [2.05, 4.69) is 10.3 Å². The first kappa shape index (κ1) is 13.5. The molecule has 8 heteroatoms. The van der Waals surface area contributed by atoms with Gasteiger partial charge in [-0.1, -0.05) is 0 Å². The Bertz CT molecular complexity index is 674. The van der Waals surface area contributed by atoms with E-state index in [1.54, 1.807) is 0 Å². The van der Waals surface area contributed by atoms with Crippen molar-refractivity contribution in [3.63, 3.8) is 0 Å². The molecule has 1 heterocycles. The van der Waals surface area contributed by atoms with Crippen LogP contribution in [0.5, 0.6) is 0 Å². The molecule has 1 aromatic carbocycles. The van der Waals surface area contributed by atoms with Crippen molar-refractivity contribution in [1.82, 2.24) is 4.98 Å². The summed E-state index contributed by atoms with van der Waals surface area (Å²) in [7, 11) is 0. The summed E-state index contributed by atoms with van der Waals surface area (Å²) in [4.78, 5) is 25.0. The van der Waals surface area contributed by atoms with Gasteiger partial charge in [-0.05, 0) is 24.3 Å². The van der Waals surface area contributed by atoms with Crippen molar-refractivity contribution in [3.8, 4) is 0 Å². The molecule has 0 aliphatic rings. The summed E-state index contributed by atoms with van der Waals surface area (Å²) >= 11 is 0. The zero-order chi connectivity index (χ0) is 14.7. The molecule has 2 aromatic rings. The Morgan fingerprint density at radius 2 is 2.00 bits per heavy atom. The molecule has 102 valence electrons. The van der Waals surface area contributed by atoms with Gasteiger partial charge in [0.25, 0.3) is 5.91 Å². The van der Waals surface area contributed by atoms with Gasteiger partial charge in [0, 0.05) is 11.6 Å². The second-order valence-electron chi connectivity index (χ2n) is 3.74. The summed E-state index contributed by atoms with van der Waals surface area (Å²) < 4.78 is 25.8. The zero-order valence-electron chi connectivity index (χ0n) is 9.84. The lowest BCUT2D eigenvalue weighted by molar-refractivity contribution is -0.387. The van der Waals surface area contributed by atoms with Crippen molar-refractivity contribution >= 4 is 17.4 Å². The molecule has 0 saturated carbocycles. The van der Waals surface area contributed by atoms with Crippen molar-refractivity contribution in [3.05, 3.63) is 63.8 Å². The van der Waals surface area contributed by atoms with Gasteiger partial charge < -0.3 is 5.32 Å². The topological polar surface area (TPSA) is 85.1 Å². The maximum atomic E-state index is 13.1. The Balaban J connectivity index is 2.23. The Kier molecular flexibility index (Phi) is 3.65. The summed E-state index contributed by atoms with van der Waals surface area (Å²) in [5.41, 5.74) is -0.908. The minimum Gasteiger partial charge on any atom is -0.307 e. The van der Waals surface area contributed by atoms with Gasteiger partial charge in [-0.3, -0.25) is 14.9 Å². The molecule has 0 unspecified atom stereocenters. The molecule has 0 saturated heterocycles. The highest BCUT2D eigenvalue weighted by Crippen LogP contribution is 2.19. The minimum absolute atomic E-state index is 0.0726. The lowest BCUT2D eigenvalue weighted by atomic mass is 10.2. The van der Waals surface area contributed by atoms with E-state index in [0.29, 0.717) is 0 Å². The van der Waals surface area contributed by atoms with Crippen LogP contribution in [-0.4, -0.2) is 15.8 Å². The number of nitrogens with one attached hydrogen (secondary N) is 1. The normalized spacial score (nSPS) is 10.1. The van der Waals surface area contributed by atoms with Crippen LogP contribution in [-0.2, 0) is 0 Å². The van der Waals surface area contributed by atoms with Gasteiger partial charge >= 0.3 is 5.69 Å². The second kappa shape index (κ2) is 5.39. The molecule has 0 aliphatic heterocycles. The van der Waals surface area contributed by atoms with Crippen molar-refractivity contribution in [2.75, 3.05) is 5.32 Å². The van der Waals surface area contributed by atoms with E-state index >= 15 is 0 Å². The number of aromatic nitrogens is 1. The lowest BCUT2D eigenvalue weighted by Gasteiger charge is -2.04.